The van der Waals surface area contributed by atoms with Crippen LogP contribution in [0.2, 0.25) is 0 Å². The highest BCUT2D eigenvalue weighted by atomic mass is 32.2. The second-order valence-electron chi connectivity index (χ2n) is 5.04. The molecule has 20 heavy (non-hydrogen) atoms. The maximum absolute atomic E-state index is 11.6. The molecule has 0 spiro atoms. The van der Waals surface area contributed by atoms with Crippen molar-refractivity contribution in [2.75, 3.05) is 0 Å². The van der Waals surface area contributed by atoms with Gasteiger partial charge in [-0.3, -0.25) is 4.79 Å². The molecule has 2 aliphatic heterocycles. The molecule has 0 saturated carbocycles. The second-order valence-corrected chi connectivity index (χ2v) is 6.76. The number of aromatic nitrogens is 3. The lowest BCUT2D eigenvalue weighted by Crippen LogP contribution is -2.58. The fraction of sp³-hybridized carbons (Fsp3) is 0.545. The third-order valence-electron chi connectivity index (χ3n) is 3.57. The van der Waals surface area contributed by atoms with Crippen LogP contribution in [-0.4, -0.2) is 53.0 Å². The molecule has 1 aromatic heterocycles. The molecule has 1 N–H and O–H groups in total. The topological polar surface area (TPSA) is 112 Å². The molecule has 2 saturated heterocycles. The number of aliphatic carboxylic acids is 1. The number of carboxylic acid groups (broad SMARTS) is 1. The van der Waals surface area contributed by atoms with E-state index < -0.39 is 16.8 Å². The maximum atomic E-state index is 11.6. The largest absolute Gasteiger partial charge is 0.480 e. The summed E-state index contributed by atoms with van der Waals surface area (Å²) in [6, 6.07) is 0.993. The van der Waals surface area contributed by atoms with Crippen molar-refractivity contribution in [2.24, 2.45) is 0 Å². The van der Waals surface area contributed by atoms with Gasteiger partial charge in [-0.2, -0.15) is 5.26 Å². The minimum atomic E-state index is -1.02. The van der Waals surface area contributed by atoms with Crippen LogP contribution in [0.25, 0.3) is 0 Å². The van der Waals surface area contributed by atoms with E-state index in [2.05, 4.69) is 10.3 Å². The molecule has 3 heterocycles. The molecule has 3 unspecified atom stereocenters. The van der Waals surface area contributed by atoms with E-state index in [9.17, 15) is 14.7 Å². The van der Waals surface area contributed by atoms with Crippen molar-refractivity contribution in [1.29, 1.82) is 5.26 Å². The average molecular weight is 293 g/mol. The van der Waals surface area contributed by atoms with E-state index >= 15 is 0 Å². The van der Waals surface area contributed by atoms with Crippen molar-refractivity contribution in [3.63, 3.8) is 0 Å². The molecule has 0 aromatic carbocycles. The van der Waals surface area contributed by atoms with Crippen LogP contribution in [0.3, 0.4) is 0 Å². The normalized spacial score (nSPS) is 31.6. The number of β-lactam (4-membered cyclic amide) rings is 1. The van der Waals surface area contributed by atoms with Crippen LogP contribution in [0.5, 0.6) is 0 Å². The molecule has 3 rings (SSSR count). The molecule has 0 radical (unpaired) electrons. The van der Waals surface area contributed by atoms with Crippen LogP contribution < -0.4 is 0 Å². The van der Waals surface area contributed by atoms with E-state index in [1.54, 1.807) is 6.92 Å². The minimum absolute atomic E-state index is 0.0763. The van der Waals surface area contributed by atoms with Crippen molar-refractivity contribution in [3.8, 4) is 6.07 Å². The van der Waals surface area contributed by atoms with E-state index in [4.69, 9.17) is 5.26 Å². The van der Waals surface area contributed by atoms with Crippen molar-refractivity contribution in [1.82, 2.24) is 19.9 Å². The summed E-state index contributed by atoms with van der Waals surface area (Å²) in [5, 5.41) is 25.5. The van der Waals surface area contributed by atoms with E-state index in [1.807, 2.05) is 6.07 Å². The van der Waals surface area contributed by atoms with Gasteiger partial charge in [0.2, 0.25) is 5.91 Å². The van der Waals surface area contributed by atoms with E-state index in [0.29, 0.717) is 6.42 Å². The summed E-state index contributed by atoms with van der Waals surface area (Å²) in [5.41, 5.74) is 0.183. The highest BCUT2D eigenvalue weighted by Gasteiger charge is 2.60. The first-order valence-electron chi connectivity index (χ1n) is 5.96. The first-order chi connectivity index (χ1) is 9.44. The van der Waals surface area contributed by atoms with Crippen molar-refractivity contribution >= 4 is 23.6 Å². The van der Waals surface area contributed by atoms with Crippen molar-refractivity contribution in [2.45, 2.75) is 36.1 Å². The summed E-state index contributed by atoms with van der Waals surface area (Å²) in [6.45, 7) is 2.08. The second kappa shape index (κ2) is 4.21. The molecule has 9 heteroatoms. The number of carboxylic acids is 1. The zero-order valence-corrected chi connectivity index (χ0v) is 11.4. The number of thioether (sulfide) groups is 1. The Balaban J connectivity index is 1.88. The molecule has 104 valence electrons. The number of nitriles is 1. The van der Waals surface area contributed by atoms with Crippen LogP contribution >= 0.6 is 11.8 Å². The van der Waals surface area contributed by atoms with Gasteiger partial charge in [0.25, 0.3) is 0 Å². The molecular weight excluding hydrogens is 282 g/mol. The predicted molar refractivity (Wildman–Crippen MR) is 67.4 cm³/mol. The number of rotatable bonds is 3. The number of hydrogen-bond donors (Lipinski definition) is 1. The summed E-state index contributed by atoms with van der Waals surface area (Å²) in [7, 11) is 0. The Morgan fingerprint density at radius 3 is 3.05 bits per heavy atom. The third-order valence-corrected chi connectivity index (χ3v) is 5.13. The lowest BCUT2D eigenvalue weighted by atomic mass is 9.96. The SMILES string of the molecule is CC1(Cn2cc(C#N)nn2)SC2CC(=O)N2C1C(=O)O. The molecule has 1 aromatic rings. The number of carbonyl (C=O) groups is 2. The van der Waals surface area contributed by atoms with Crippen LogP contribution in [0.1, 0.15) is 19.0 Å². The molecule has 1 amide bonds. The summed E-state index contributed by atoms with van der Waals surface area (Å²) < 4.78 is 0.765. The zero-order valence-electron chi connectivity index (χ0n) is 10.6. The first-order valence-corrected chi connectivity index (χ1v) is 6.84. The van der Waals surface area contributed by atoms with Gasteiger partial charge in [0, 0.05) is 0 Å². The molecule has 2 fully saturated rings. The Bertz CT molecular complexity index is 638. The Kier molecular flexibility index (Phi) is 2.72. The Labute approximate surface area is 118 Å². The third kappa shape index (κ3) is 1.76. The maximum Gasteiger partial charge on any atom is 0.327 e. The monoisotopic (exact) mass is 293 g/mol. The van der Waals surface area contributed by atoms with Gasteiger partial charge in [-0.05, 0) is 6.92 Å². The molecule has 0 aliphatic carbocycles. The molecule has 2 aliphatic rings. The quantitative estimate of drug-likeness (QED) is 0.759. The van der Waals surface area contributed by atoms with Crippen LogP contribution in [0.4, 0.5) is 0 Å². The van der Waals surface area contributed by atoms with Gasteiger partial charge in [-0.25, -0.2) is 9.48 Å². The van der Waals surface area contributed by atoms with Crippen LogP contribution in [-0.2, 0) is 16.1 Å². The van der Waals surface area contributed by atoms with Crippen molar-refractivity contribution < 1.29 is 14.7 Å². The zero-order chi connectivity index (χ0) is 14.5. The number of nitrogens with zero attached hydrogens (tertiary/aromatic N) is 5. The van der Waals surface area contributed by atoms with Crippen LogP contribution in [0, 0.1) is 11.3 Å². The van der Waals surface area contributed by atoms with Gasteiger partial charge >= 0.3 is 5.97 Å². The molecule has 3 atom stereocenters. The Morgan fingerprint density at radius 2 is 2.50 bits per heavy atom. The van der Waals surface area contributed by atoms with Gasteiger partial charge in [-0.1, -0.05) is 5.21 Å². The van der Waals surface area contributed by atoms with Gasteiger partial charge in [0.05, 0.1) is 29.3 Å². The number of fused-ring (bicyclic) bond motifs is 1. The lowest BCUT2D eigenvalue weighted by molar-refractivity contribution is -0.157. The fourth-order valence-electron chi connectivity index (χ4n) is 2.73. The molecule has 0 bridgehead atoms. The van der Waals surface area contributed by atoms with Crippen LogP contribution in [0.15, 0.2) is 6.20 Å². The average Bonchev–Trinajstić information content (AvgIpc) is 2.90. The highest BCUT2D eigenvalue weighted by molar-refractivity contribution is 8.01. The summed E-state index contributed by atoms with van der Waals surface area (Å²) in [4.78, 5) is 24.5. The lowest BCUT2D eigenvalue weighted by Gasteiger charge is -2.36. The minimum Gasteiger partial charge on any atom is -0.480 e. The van der Waals surface area contributed by atoms with E-state index in [-0.39, 0.29) is 23.5 Å². The van der Waals surface area contributed by atoms with E-state index in [1.165, 1.54) is 27.5 Å². The first kappa shape index (κ1) is 12.9. The number of hydrogen-bond acceptors (Lipinski definition) is 6. The standard InChI is InChI=1S/C11H11N5O3S/c1-11(5-15-4-6(3-12)13-14-15)9(10(18)19)16-7(17)2-8(16)20-11/h4,8-9H,2,5H2,1H3,(H,18,19). The number of carbonyl (C=O) groups excluding carboxylic acids is 1. The fourth-order valence-corrected chi connectivity index (χ4v) is 4.48. The van der Waals surface area contributed by atoms with Gasteiger partial charge < -0.3 is 10.0 Å². The van der Waals surface area contributed by atoms with Gasteiger partial charge in [-0.15, -0.1) is 16.9 Å². The highest BCUT2D eigenvalue weighted by Crippen LogP contribution is 2.51. The molecular formula is C11H11N5O3S. The Morgan fingerprint density at radius 1 is 1.75 bits per heavy atom. The van der Waals surface area contributed by atoms with Gasteiger partial charge in [0.15, 0.2) is 5.69 Å². The van der Waals surface area contributed by atoms with Gasteiger partial charge in [0.1, 0.15) is 12.1 Å². The summed E-state index contributed by atoms with van der Waals surface area (Å²) >= 11 is 1.47. The molecule has 8 nitrogen and oxygen atoms in total. The van der Waals surface area contributed by atoms with Crippen molar-refractivity contribution in [3.05, 3.63) is 11.9 Å². The smallest absolute Gasteiger partial charge is 0.327 e. The number of amides is 1. The predicted octanol–water partition coefficient (Wildman–Crippen LogP) is -0.333. The summed E-state index contributed by atoms with van der Waals surface area (Å²) in [5.74, 6) is -1.15. The summed E-state index contributed by atoms with van der Waals surface area (Å²) in [6.07, 6.45) is 1.85. The Hall–Kier alpha value is -2.08. The van der Waals surface area contributed by atoms with E-state index in [0.717, 1.165) is 0 Å².